The van der Waals surface area contributed by atoms with Crippen molar-refractivity contribution in [2.45, 2.75) is 40.2 Å². The molecule has 0 aliphatic heterocycles. The summed E-state index contributed by atoms with van der Waals surface area (Å²) in [6.45, 7) is 8.72. The number of rotatable bonds is 5. The minimum Gasteiger partial charge on any atom is -0.454 e. The molecule has 0 aliphatic rings. The number of aryl methyl sites for hydroxylation is 2. The van der Waals surface area contributed by atoms with Crippen molar-refractivity contribution in [2.75, 3.05) is 11.9 Å². The molecule has 0 aliphatic carbocycles. The smallest absolute Gasteiger partial charge is 0.412 e. The molecule has 2 aromatic rings. The summed E-state index contributed by atoms with van der Waals surface area (Å²) in [5.41, 5.74) is 0.577. The van der Waals surface area contributed by atoms with Crippen LogP contribution in [-0.2, 0) is 9.47 Å². The van der Waals surface area contributed by atoms with Crippen LogP contribution < -0.4 is 5.32 Å². The molecule has 0 unspecified atom stereocenters. The zero-order chi connectivity index (χ0) is 20.2. The molecule has 6 nitrogen and oxygen atoms in total. The lowest BCUT2D eigenvalue weighted by Gasteiger charge is -2.19. The molecule has 7 heteroatoms. The first-order valence-corrected chi connectivity index (χ1v) is 9.24. The largest absolute Gasteiger partial charge is 0.454 e. The first kappa shape index (κ1) is 20.6. The van der Waals surface area contributed by atoms with E-state index in [-0.39, 0.29) is 18.0 Å². The molecular weight excluding hydrogens is 366 g/mol. The molecule has 1 aromatic heterocycles. The SMILES string of the molecule is Cc1cc(C(=O)COC(=O)c2cccc(NC(=O)OC(C)(C)C)c2)c(C)s1. The summed E-state index contributed by atoms with van der Waals surface area (Å²) in [6, 6.07) is 8.05. The van der Waals surface area contributed by atoms with Crippen LogP contribution in [0.1, 0.15) is 51.2 Å². The Kier molecular flexibility index (Phi) is 6.38. The van der Waals surface area contributed by atoms with E-state index in [0.717, 1.165) is 9.75 Å². The summed E-state index contributed by atoms with van der Waals surface area (Å²) in [4.78, 5) is 38.2. The summed E-state index contributed by atoms with van der Waals surface area (Å²) in [6.07, 6.45) is -0.619. The van der Waals surface area contributed by atoms with Gasteiger partial charge in [0, 0.05) is 21.0 Å². The number of ether oxygens (including phenoxy) is 2. The summed E-state index contributed by atoms with van der Waals surface area (Å²) < 4.78 is 10.3. The number of Topliss-reactive ketones (excluding diaryl/α,β-unsaturated/α-hetero) is 1. The van der Waals surface area contributed by atoms with Gasteiger partial charge in [-0.2, -0.15) is 0 Å². The van der Waals surface area contributed by atoms with Crippen LogP contribution in [0.2, 0.25) is 0 Å². The lowest BCUT2D eigenvalue weighted by Crippen LogP contribution is -2.27. The maximum atomic E-state index is 12.2. The highest BCUT2D eigenvalue weighted by molar-refractivity contribution is 7.12. The van der Waals surface area contributed by atoms with Gasteiger partial charge in [-0.15, -0.1) is 11.3 Å². The fourth-order valence-electron chi connectivity index (χ4n) is 2.35. The fourth-order valence-corrected chi connectivity index (χ4v) is 3.29. The van der Waals surface area contributed by atoms with Gasteiger partial charge in [0.1, 0.15) is 5.60 Å². The molecule has 2 rings (SSSR count). The van der Waals surface area contributed by atoms with Crippen LogP contribution in [0.15, 0.2) is 30.3 Å². The zero-order valence-electron chi connectivity index (χ0n) is 16.0. The number of ketones is 1. The van der Waals surface area contributed by atoms with Crippen molar-refractivity contribution in [1.29, 1.82) is 0 Å². The van der Waals surface area contributed by atoms with Crippen LogP contribution in [0.3, 0.4) is 0 Å². The fraction of sp³-hybridized carbons (Fsp3) is 0.350. The number of amides is 1. The van der Waals surface area contributed by atoms with Crippen molar-refractivity contribution in [1.82, 2.24) is 0 Å². The van der Waals surface area contributed by atoms with Crippen LogP contribution in [0.25, 0.3) is 0 Å². The monoisotopic (exact) mass is 389 g/mol. The number of esters is 1. The van der Waals surface area contributed by atoms with Gasteiger partial charge in [0.05, 0.1) is 5.56 Å². The van der Waals surface area contributed by atoms with Gasteiger partial charge in [0.25, 0.3) is 0 Å². The average molecular weight is 389 g/mol. The van der Waals surface area contributed by atoms with Gasteiger partial charge in [0.15, 0.2) is 6.61 Å². The molecule has 0 saturated heterocycles. The van der Waals surface area contributed by atoms with Crippen LogP contribution in [0.5, 0.6) is 0 Å². The molecule has 1 N–H and O–H groups in total. The van der Waals surface area contributed by atoms with Gasteiger partial charge >= 0.3 is 12.1 Å². The van der Waals surface area contributed by atoms with Crippen LogP contribution in [0.4, 0.5) is 10.5 Å². The number of carbonyl (C=O) groups excluding carboxylic acids is 3. The van der Waals surface area contributed by atoms with Gasteiger partial charge in [-0.1, -0.05) is 6.07 Å². The maximum Gasteiger partial charge on any atom is 0.412 e. The normalized spacial score (nSPS) is 11.0. The van der Waals surface area contributed by atoms with E-state index < -0.39 is 17.7 Å². The van der Waals surface area contributed by atoms with Crippen molar-refractivity contribution in [3.05, 3.63) is 51.2 Å². The number of carbonyl (C=O) groups is 3. The quantitative estimate of drug-likeness (QED) is 0.589. The Hall–Kier alpha value is -2.67. The number of nitrogens with one attached hydrogen (secondary N) is 1. The Balaban J connectivity index is 1.97. The molecule has 0 spiro atoms. The minimum atomic E-state index is -0.638. The van der Waals surface area contributed by atoms with Gasteiger partial charge in [-0.3, -0.25) is 10.1 Å². The van der Waals surface area contributed by atoms with E-state index in [4.69, 9.17) is 9.47 Å². The van der Waals surface area contributed by atoms with Crippen LogP contribution in [0, 0.1) is 13.8 Å². The number of hydrogen-bond acceptors (Lipinski definition) is 6. The number of thiophene rings is 1. The Bertz CT molecular complexity index is 863. The summed E-state index contributed by atoms with van der Waals surface area (Å²) >= 11 is 1.53. The highest BCUT2D eigenvalue weighted by Gasteiger charge is 2.18. The Morgan fingerprint density at radius 1 is 1.11 bits per heavy atom. The van der Waals surface area contributed by atoms with Crippen LogP contribution >= 0.6 is 11.3 Å². The average Bonchev–Trinajstić information content (AvgIpc) is 2.89. The number of hydrogen-bond donors (Lipinski definition) is 1. The second-order valence-corrected chi connectivity index (χ2v) is 8.49. The predicted molar refractivity (Wildman–Crippen MR) is 105 cm³/mol. The standard InChI is InChI=1S/C20H23NO5S/c1-12-9-16(13(2)27-12)17(22)11-25-18(23)14-7-6-8-15(10-14)21-19(24)26-20(3,4)5/h6-10H,11H2,1-5H3,(H,21,24). The van der Waals surface area contributed by atoms with Crippen LogP contribution in [-0.4, -0.2) is 30.1 Å². The molecule has 27 heavy (non-hydrogen) atoms. The molecule has 144 valence electrons. The van der Waals surface area contributed by atoms with Gasteiger partial charge in [-0.05, 0) is 58.9 Å². The Morgan fingerprint density at radius 2 is 1.81 bits per heavy atom. The second kappa shape index (κ2) is 8.35. The van der Waals surface area contributed by atoms with Crippen molar-refractivity contribution in [3.8, 4) is 0 Å². The molecule has 1 heterocycles. The number of benzene rings is 1. The summed E-state index contributed by atoms with van der Waals surface area (Å²) in [5, 5.41) is 2.56. The minimum absolute atomic E-state index is 0.231. The van der Waals surface area contributed by atoms with E-state index in [1.165, 1.54) is 17.4 Å². The van der Waals surface area contributed by atoms with Gasteiger partial charge < -0.3 is 9.47 Å². The lowest BCUT2D eigenvalue weighted by molar-refractivity contribution is 0.0474. The first-order chi connectivity index (χ1) is 12.5. The van der Waals surface area contributed by atoms with Crippen molar-refractivity contribution in [2.24, 2.45) is 0 Å². The lowest BCUT2D eigenvalue weighted by atomic mass is 10.1. The molecular formula is C20H23NO5S. The molecule has 0 saturated carbocycles. The van der Waals surface area contributed by atoms with Crippen molar-refractivity contribution in [3.63, 3.8) is 0 Å². The van der Waals surface area contributed by atoms with E-state index in [2.05, 4.69) is 5.32 Å². The zero-order valence-corrected chi connectivity index (χ0v) is 16.9. The third-order valence-corrected chi connectivity index (χ3v) is 4.39. The molecule has 0 radical (unpaired) electrons. The summed E-state index contributed by atoms with van der Waals surface area (Å²) in [5.74, 6) is -0.881. The second-order valence-electron chi connectivity index (χ2n) is 7.03. The number of anilines is 1. The molecule has 0 bridgehead atoms. The Labute approximate surface area is 162 Å². The third kappa shape index (κ3) is 6.21. The van der Waals surface area contributed by atoms with E-state index in [1.807, 2.05) is 13.8 Å². The predicted octanol–water partition coefficient (Wildman–Crippen LogP) is 4.75. The molecule has 1 aromatic carbocycles. The van der Waals surface area contributed by atoms with Crippen molar-refractivity contribution >= 4 is 34.9 Å². The van der Waals surface area contributed by atoms with Gasteiger partial charge in [0.2, 0.25) is 5.78 Å². The molecule has 1 amide bonds. The highest BCUT2D eigenvalue weighted by Crippen LogP contribution is 2.21. The molecule has 0 fully saturated rings. The van der Waals surface area contributed by atoms with E-state index in [0.29, 0.717) is 11.3 Å². The van der Waals surface area contributed by atoms with Crippen molar-refractivity contribution < 1.29 is 23.9 Å². The van der Waals surface area contributed by atoms with E-state index in [1.54, 1.807) is 45.0 Å². The summed E-state index contributed by atoms with van der Waals surface area (Å²) in [7, 11) is 0. The van der Waals surface area contributed by atoms with E-state index in [9.17, 15) is 14.4 Å². The van der Waals surface area contributed by atoms with E-state index >= 15 is 0 Å². The maximum absolute atomic E-state index is 12.2. The third-order valence-electron chi connectivity index (χ3n) is 3.42. The highest BCUT2D eigenvalue weighted by atomic mass is 32.1. The molecule has 0 atom stereocenters. The Morgan fingerprint density at radius 3 is 2.41 bits per heavy atom. The van der Waals surface area contributed by atoms with Gasteiger partial charge in [-0.25, -0.2) is 9.59 Å². The first-order valence-electron chi connectivity index (χ1n) is 8.42. The topological polar surface area (TPSA) is 81.7 Å².